The van der Waals surface area contributed by atoms with E-state index >= 15 is 0 Å². The number of aromatic amines is 1. The van der Waals surface area contributed by atoms with Crippen molar-refractivity contribution in [3.8, 4) is 5.75 Å². The van der Waals surface area contributed by atoms with Gasteiger partial charge >= 0.3 is 0 Å². The Morgan fingerprint density at radius 1 is 1.29 bits per heavy atom. The van der Waals surface area contributed by atoms with E-state index in [0.717, 1.165) is 22.0 Å². The number of benzene rings is 2. The summed E-state index contributed by atoms with van der Waals surface area (Å²) in [4.78, 5) is 12.2. The van der Waals surface area contributed by atoms with E-state index in [1.165, 1.54) is 0 Å². The summed E-state index contributed by atoms with van der Waals surface area (Å²) in [5.74, 6) is -0.325. The third-order valence-corrected chi connectivity index (χ3v) is 3.48. The monoisotopic (exact) mass is 281 g/mol. The molecule has 0 fully saturated rings. The zero-order valence-electron chi connectivity index (χ0n) is 11.6. The average Bonchev–Trinajstić information content (AvgIpc) is 2.89. The highest BCUT2D eigenvalue weighted by Gasteiger charge is 2.12. The first-order valence-electron chi connectivity index (χ1n) is 6.64. The molecule has 0 aliphatic rings. The first-order chi connectivity index (χ1) is 10.1. The minimum atomic E-state index is -0.307. The van der Waals surface area contributed by atoms with Gasteiger partial charge in [0.25, 0.3) is 5.91 Å². The first-order valence-corrected chi connectivity index (χ1v) is 6.64. The molecule has 0 saturated carbocycles. The predicted molar refractivity (Wildman–Crippen MR) is 80.1 cm³/mol. The fourth-order valence-corrected chi connectivity index (χ4v) is 2.23. The van der Waals surface area contributed by atoms with Crippen LogP contribution in [0, 0.1) is 6.92 Å². The van der Waals surface area contributed by atoms with Crippen LogP contribution in [-0.2, 0) is 6.54 Å². The third kappa shape index (κ3) is 2.58. The highest BCUT2D eigenvalue weighted by atomic mass is 16.3. The lowest BCUT2D eigenvalue weighted by Gasteiger charge is -2.08. The number of hydrogen-bond donors (Lipinski definition) is 3. The van der Waals surface area contributed by atoms with E-state index in [1.54, 1.807) is 18.3 Å². The fraction of sp³-hybridized carbons (Fsp3) is 0.125. The molecule has 0 unspecified atom stereocenters. The number of nitrogens with zero attached hydrogens (tertiary/aromatic N) is 1. The Bertz CT molecular complexity index is 808. The van der Waals surface area contributed by atoms with Crippen LogP contribution in [0.1, 0.15) is 21.6 Å². The van der Waals surface area contributed by atoms with E-state index in [-0.39, 0.29) is 17.2 Å². The number of amides is 1. The van der Waals surface area contributed by atoms with E-state index in [2.05, 4.69) is 15.5 Å². The molecule has 0 bridgehead atoms. The number of aromatic nitrogens is 2. The molecule has 0 aliphatic carbocycles. The second-order valence-corrected chi connectivity index (χ2v) is 4.92. The zero-order valence-corrected chi connectivity index (χ0v) is 11.6. The molecule has 5 heteroatoms. The van der Waals surface area contributed by atoms with Crippen LogP contribution in [0.15, 0.2) is 42.6 Å². The van der Waals surface area contributed by atoms with E-state index in [4.69, 9.17) is 0 Å². The van der Waals surface area contributed by atoms with Gasteiger partial charge in [0.1, 0.15) is 5.75 Å². The standard InChI is InChI=1S/C16H15N3O2/c1-10-13(9-18-19-10)8-17-16(21)14-6-11-4-2-3-5-12(11)7-15(14)20/h2-7,9,20H,8H2,1H3,(H,17,21)(H,18,19). The van der Waals surface area contributed by atoms with Gasteiger partial charge in [-0.1, -0.05) is 24.3 Å². The highest BCUT2D eigenvalue weighted by molar-refractivity contribution is 6.01. The second-order valence-electron chi connectivity index (χ2n) is 4.92. The molecule has 2 aromatic carbocycles. The van der Waals surface area contributed by atoms with Gasteiger partial charge in [-0.15, -0.1) is 0 Å². The number of rotatable bonds is 3. The molecule has 0 saturated heterocycles. The van der Waals surface area contributed by atoms with Crippen LogP contribution in [0.4, 0.5) is 0 Å². The Morgan fingerprint density at radius 2 is 2.00 bits per heavy atom. The molecular formula is C16H15N3O2. The summed E-state index contributed by atoms with van der Waals surface area (Å²) in [7, 11) is 0. The topological polar surface area (TPSA) is 78.0 Å². The summed E-state index contributed by atoms with van der Waals surface area (Å²) < 4.78 is 0. The molecule has 1 heterocycles. The van der Waals surface area contributed by atoms with Crippen molar-refractivity contribution in [2.24, 2.45) is 0 Å². The Morgan fingerprint density at radius 3 is 2.67 bits per heavy atom. The largest absolute Gasteiger partial charge is 0.507 e. The minimum Gasteiger partial charge on any atom is -0.507 e. The van der Waals surface area contributed by atoms with Crippen LogP contribution in [0.3, 0.4) is 0 Å². The highest BCUT2D eigenvalue weighted by Crippen LogP contribution is 2.24. The Labute approximate surface area is 121 Å². The van der Waals surface area contributed by atoms with Crippen molar-refractivity contribution in [2.75, 3.05) is 0 Å². The molecule has 3 aromatic rings. The van der Waals surface area contributed by atoms with Crippen molar-refractivity contribution in [1.29, 1.82) is 0 Å². The zero-order chi connectivity index (χ0) is 14.8. The number of carbonyl (C=O) groups excluding carboxylic acids is 1. The van der Waals surface area contributed by atoms with Crippen molar-refractivity contribution in [3.05, 3.63) is 59.4 Å². The Kier molecular flexibility index (Phi) is 3.31. The molecule has 0 aliphatic heterocycles. The number of aromatic hydroxyl groups is 1. The lowest BCUT2D eigenvalue weighted by atomic mass is 10.1. The minimum absolute atomic E-state index is 0.0184. The normalized spacial score (nSPS) is 10.7. The maximum absolute atomic E-state index is 12.2. The van der Waals surface area contributed by atoms with E-state index in [0.29, 0.717) is 6.54 Å². The second kappa shape index (κ2) is 5.28. The molecule has 1 amide bonds. The molecule has 1 aromatic heterocycles. The maximum atomic E-state index is 12.2. The van der Waals surface area contributed by atoms with Crippen molar-refractivity contribution < 1.29 is 9.90 Å². The molecule has 3 rings (SSSR count). The number of fused-ring (bicyclic) bond motifs is 1. The van der Waals surface area contributed by atoms with Gasteiger partial charge in [0.15, 0.2) is 0 Å². The summed E-state index contributed by atoms with van der Waals surface area (Å²) in [6.07, 6.45) is 1.68. The van der Waals surface area contributed by atoms with Gasteiger partial charge < -0.3 is 10.4 Å². The van der Waals surface area contributed by atoms with Gasteiger partial charge in [0.05, 0.1) is 11.8 Å². The molecular weight excluding hydrogens is 266 g/mol. The molecule has 5 nitrogen and oxygen atoms in total. The van der Waals surface area contributed by atoms with Crippen LogP contribution in [-0.4, -0.2) is 21.2 Å². The third-order valence-electron chi connectivity index (χ3n) is 3.48. The van der Waals surface area contributed by atoms with Gasteiger partial charge in [-0.05, 0) is 29.8 Å². The number of aryl methyl sites for hydroxylation is 1. The van der Waals surface area contributed by atoms with Gasteiger partial charge in [-0.2, -0.15) is 5.10 Å². The van der Waals surface area contributed by atoms with Gasteiger partial charge in [0, 0.05) is 17.8 Å². The molecule has 3 N–H and O–H groups in total. The first kappa shape index (κ1) is 13.2. The number of hydrogen-bond acceptors (Lipinski definition) is 3. The quantitative estimate of drug-likeness (QED) is 0.690. The van der Waals surface area contributed by atoms with Gasteiger partial charge in [-0.25, -0.2) is 0 Å². The van der Waals surface area contributed by atoms with Crippen molar-refractivity contribution in [1.82, 2.24) is 15.5 Å². The SMILES string of the molecule is Cc1[nH]ncc1CNC(=O)c1cc2ccccc2cc1O. The van der Waals surface area contributed by atoms with Crippen LogP contribution < -0.4 is 5.32 Å². The van der Waals surface area contributed by atoms with Crippen LogP contribution in [0.2, 0.25) is 0 Å². The summed E-state index contributed by atoms with van der Waals surface area (Å²) in [5, 5.41) is 21.3. The number of H-pyrrole nitrogens is 1. The number of phenols is 1. The van der Waals surface area contributed by atoms with Crippen molar-refractivity contribution >= 4 is 16.7 Å². The summed E-state index contributed by atoms with van der Waals surface area (Å²) in [6.45, 7) is 2.26. The average molecular weight is 281 g/mol. The van der Waals surface area contributed by atoms with Crippen molar-refractivity contribution in [3.63, 3.8) is 0 Å². The van der Waals surface area contributed by atoms with E-state index < -0.39 is 0 Å². The predicted octanol–water partition coefficient (Wildman–Crippen LogP) is 2.51. The summed E-state index contributed by atoms with van der Waals surface area (Å²) in [5.41, 5.74) is 2.11. The van der Waals surface area contributed by atoms with Crippen LogP contribution in [0.25, 0.3) is 10.8 Å². The number of nitrogens with one attached hydrogen (secondary N) is 2. The molecule has 0 atom stereocenters. The number of phenolic OH excluding ortho intramolecular Hbond substituents is 1. The lowest BCUT2D eigenvalue weighted by Crippen LogP contribution is -2.23. The lowest BCUT2D eigenvalue weighted by molar-refractivity contribution is 0.0948. The molecule has 0 spiro atoms. The van der Waals surface area contributed by atoms with E-state index in [1.807, 2.05) is 31.2 Å². The smallest absolute Gasteiger partial charge is 0.255 e. The molecule has 0 radical (unpaired) electrons. The summed E-state index contributed by atoms with van der Waals surface area (Å²) >= 11 is 0. The molecule has 106 valence electrons. The van der Waals surface area contributed by atoms with Gasteiger partial charge in [0.2, 0.25) is 0 Å². The maximum Gasteiger partial charge on any atom is 0.255 e. The van der Waals surface area contributed by atoms with E-state index in [9.17, 15) is 9.90 Å². The Hall–Kier alpha value is -2.82. The van der Waals surface area contributed by atoms with Crippen LogP contribution >= 0.6 is 0 Å². The number of carbonyl (C=O) groups is 1. The van der Waals surface area contributed by atoms with Gasteiger partial charge in [-0.3, -0.25) is 9.89 Å². The Balaban J connectivity index is 1.84. The fourth-order valence-electron chi connectivity index (χ4n) is 2.23. The summed E-state index contributed by atoms with van der Waals surface area (Å²) in [6, 6.07) is 10.9. The molecule has 21 heavy (non-hydrogen) atoms. The van der Waals surface area contributed by atoms with Crippen molar-refractivity contribution in [2.45, 2.75) is 13.5 Å². The van der Waals surface area contributed by atoms with Crippen LogP contribution in [0.5, 0.6) is 5.75 Å².